The first-order valence-electron chi connectivity index (χ1n) is 1.78. The van der Waals surface area contributed by atoms with E-state index in [9.17, 15) is 0 Å². The van der Waals surface area contributed by atoms with Gasteiger partial charge in [-0.25, -0.2) is 0 Å². The molecule has 0 radical (unpaired) electrons. The lowest BCUT2D eigenvalue weighted by molar-refractivity contribution is 2.97. The SMILES string of the molecule is C#C[SiH2][SiH2]C#C. The van der Waals surface area contributed by atoms with Crippen LogP contribution in [0.25, 0.3) is 0 Å². The molecule has 0 saturated heterocycles. The fraction of sp³-hybridized carbons (Fsp3) is 0. The minimum Gasteiger partial charge on any atom is -0.145 e. The quantitative estimate of drug-likeness (QED) is 0.217. The highest BCUT2D eigenvalue weighted by molar-refractivity contribution is 7.08. The van der Waals surface area contributed by atoms with Crippen molar-refractivity contribution in [1.29, 1.82) is 0 Å². The predicted octanol–water partition coefficient (Wildman–Crippen LogP) is -1.58. The Hall–Kier alpha value is -0.446. The summed E-state index contributed by atoms with van der Waals surface area (Å²) in [6.45, 7) is 0. The smallest absolute Gasteiger partial charge is 0.106 e. The van der Waals surface area contributed by atoms with E-state index in [4.69, 9.17) is 12.8 Å². The number of hydrogen-bond donors (Lipinski definition) is 0. The predicted molar refractivity (Wildman–Crippen MR) is 34.8 cm³/mol. The van der Waals surface area contributed by atoms with E-state index in [0.717, 1.165) is 0 Å². The van der Waals surface area contributed by atoms with Gasteiger partial charge in [0.05, 0.1) is 0 Å². The fourth-order valence-electron chi connectivity index (χ4n) is 0.144. The molecule has 0 N–H and O–H groups in total. The molecule has 0 bridgehead atoms. The van der Waals surface area contributed by atoms with Crippen molar-refractivity contribution in [3.05, 3.63) is 0 Å². The molecule has 2 heteroatoms. The van der Waals surface area contributed by atoms with Crippen LogP contribution in [0.2, 0.25) is 0 Å². The molecule has 6 heavy (non-hydrogen) atoms. The minimum atomic E-state index is -0.148. The zero-order chi connectivity index (χ0) is 4.83. The second kappa shape index (κ2) is 4.55. The summed E-state index contributed by atoms with van der Waals surface area (Å²) in [4.78, 5) is 0. The van der Waals surface area contributed by atoms with Crippen LogP contribution in [0.4, 0.5) is 0 Å². The van der Waals surface area contributed by atoms with Crippen molar-refractivity contribution in [3.63, 3.8) is 0 Å². The third kappa shape index (κ3) is 3.55. The van der Waals surface area contributed by atoms with Crippen LogP contribution in [-0.4, -0.2) is 18.1 Å². The summed E-state index contributed by atoms with van der Waals surface area (Å²) in [7, 11) is -0.296. The number of terminal acetylenes is 2. The van der Waals surface area contributed by atoms with Crippen LogP contribution in [-0.2, 0) is 0 Å². The molecule has 0 aliphatic rings. The zero-order valence-electron chi connectivity index (χ0n) is 3.57. The largest absolute Gasteiger partial charge is 0.145 e. The lowest BCUT2D eigenvalue weighted by atomic mass is 11.4. The second-order valence-corrected chi connectivity index (χ2v) is 5.72. The summed E-state index contributed by atoms with van der Waals surface area (Å²) in [5, 5.41) is 0. The van der Waals surface area contributed by atoms with E-state index in [2.05, 4.69) is 11.1 Å². The average Bonchev–Trinajstić information content (AvgIpc) is 1.61. The highest BCUT2D eigenvalue weighted by Crippen LogP contribution is 1.45. The molecule has 0 aliphatic heterocycles. The standard InChI is InChI=1S/C4H6Si2/c1-3-5-6-4-2/h1-2H,5-6H2. The molecule has 0 aromatic rings. The Morgan fingerprint density at radius 3 is 1.50 bits per heavy atom. The molecule has 0 spiro atoms. The van der Waals surface area contributed by atoms with Crippen LogP contribution >= 0.6 is 0 Å². The molecule has 0 aromatic carbocycles. The summed E-state index contributed by atoms with van der Waals surface area (Å²) >= 11 is 0. The lowest BCUT2D eigenvalue weighted by Gasteiger charge is -1.66. The van der Waals surface area contributed by atoms with Crippen molar-refractivity contribution >= 4 is 18.1 Å². The fourth-order valence-corrected chi connectivity index (χ4v) is 1.30. The molecule has 0 aromatic heterocycles. The summed E-state index contributed by atoms with van der Waals surface area (Å²) in [5.41, 5.74) is 5.25. The van der Waals surface area contributed by atoms with Crippen molar-refractivity contribution in [2.75, 3.05) is 0 Å². The molecular weight excluding hydrogens is 104 g/mol. The van der Waals surface area contributed by atoms with Crippen molar-refractivity contribution < 1.29 is 0 Å². The molecule has 0 nitrogen and oxygen atoms in total. The van der Waals surface area contributed by atoms with Crippen LogP contribution in [0, 0.1) is 23.9 Å². The molecule has 0 amide bonds. The van der Waals surface area contributed by atoms with Gasteiger partial charge in [0.1, 0.15) is 18.1 Å². The molecule has 30 valence electrons. The summed E-state index contributed by atoms with van der Waals surface area (Å²) in [6.07, 6.45) is 9.93. The number of rotatable bonds is 1. The van der Waals surface area contributed by atoms with Gasteiger partial charge in [0.25, 0.3) is 0 Å². The van der Waals surface area contributed by atoms with Gasteiger partial charge in [-0.3, -0.25) is 0 Å². The molecule has 0 fully saturated rings. The van der Waals surface area contributed by atoms with Crippen LogP contribution < -0.4 is 0 Å². The van der Waals surface area contributed by atoms with Gasteiger partial charge in [-0.2, -0.15) is 0 Å². The van der Waals surface area contributed by atoms with E-state index >= 15 is 0 Å². The van der Waals surface area contributed by atoms with E-state index in [-0.39, 0.29) is 18.1 Å². The highest BCUT2D eigenvalue weighted by Gasteiger charge is 1.71. The first-order chi connectivity index (χ1) is 2.91. The third-order valence-electron chi connectivity index (χ3n) is 0.414. The molecule has 0 atom stereocenters. The van der Waals surface area contributed by atoms with E-state index in [0.29, 0.717) is 0 Å². The first kappa shape index (κ1) is 5.55. The maximum Gasteiger partial charge on any atom is 0.106 e. The van der Waals surface area contributed by atoms with Crippen molar-refractivity contribution in [2.45, 2.75) is 0 Å². The minimum absolute atomic E-state index is 0.148. The normalized spacial score (nSPS) is 9.67. The molecular formula is C4H6Si2. The van der Waals surface area contributed by atoms with Crippen LogP contribution in [0.3, 0.4) is 0 Å². The summed E-state index contributed by atoms with van der Waals surface area (Å²) < 4.78 is 0. The van der Waals surface area contributed by atoms with Gasteiger partial charge >= 0.3 is 0 Å². The Morgan fingerprint density at radius 1 is 1.00 bits per heavy atom. The van der Waals surface area contributed by atoms with Gasteiger partial charge in [-0.05, 0) is 0 Å². The van der Waals surface area contributed by atoms with Crippen molar-refractivity contribution in [2.24, 2.45) is 0 Å². The van der Waals surface area contributed by atoms with Gasteiger partial charge in [-0.1, -0.05) is 0 Å². The maximum atomic E-state index is 4.97. The Kier molecular flexibility index (Phi) is 4.22. The van der Waals surface area contributed by atoms with Gasteiger partial charge < -0.3 is 0 Å². The van der Waals surface area contributed by atoms with Crippen LogP contribution in [0.15, 0.2) is 0 Å². The molecule has 0 aliphatic carbocycles. The topological polar surface area (TPSA) is 0 Å². The highest BCUT2D eigenvalue weighted by atomic mass is 29.1. The van der Waals surface area contributed by atoms with Gasteiger partial charge in [0.15, 0.2) is 0 Å². The lowest BCUT2D eigenvalue weighted by Crippen LogP contribution is -1.94. The van der Waals surface area contributed by atoms with Crippen molar-refractivity contribution in [3.8, 4) is 23.9 Å². The molecule has 0 rings (SSSR count). The average molecular weight is 110 g/mol. The molecule has 0 unspecified atom stereocenters. The second-order valence-electron chi connectivity index (χ2n) is 0.908. The molecule has 0 saturated carbocycles. The van der Waals surface area contributed by atoms with E-state index in [1.54, 1.807) is 0 Å². The van der Waals surface area contributed by atoms with Gasteiger partial charge in [0.2, 0.25) is 0 Å². The van der Waals surface area contributed by atoms with Crippen molar-refractivity contribution in [1.82, 2.24) is 0 Å². The number of hydrogen-bond acceptors (Lipinski definition) is 0. The van der Waals surface area contributed by atoms with E-state index in [1.807, 2.05) is 0 Å². The Labute approximate surface area is 42.8 Å². The first-order valence-corrected chi connectivity index (χ1v) is 7.20. The third-order valence-corrected chi connectivity index (χ3v) is 3.72. The van der Waals surface area contributed by atoms with Crippen LogP contribution in [0.5, 0.6) is 0 Å². The Balaban J connectivity index is 2.78. The van der Waals surface area contributed by atoms with Crippen LogP contribution in [0.1, 0.15) is 0 Å². The summed E-state index contributed by atoms with van der Waals surface area (Å²) in [6, 6.07) is 0. The molecule has 0 heterocycles. The van der Waals surface area contributed by atoms with E-state index in [1.165, 1.54) is 0 Å². The van der Waals surface area contributed by atoms with E-state index < -0.39 is 0 Å². The Bertz CT molecular complexity index is 79.1. The Morgan fingerprint density at radius 2 is 1.33 bits per heavy atom. The zero-order valence-corrected chi connectivity index (χ0v) is 6.40. The maximum absolute atomic E-state index is 4.97. The monoisotopic (exact) mass is 110 g/mol. The van der Waals surface area contributed by atoms with Gasteiger partial charge in [-0.15, -0.1) is 23.9 Å². The summed E-state index contributed by atoms with van der Waals surface area (Å²) in [5.74, 6) is 0. The van der Waals surface area contributed by atoms with Gasteiger partial charge in [0, 0.05) is 0 Å².